The van der Waals surface area contributed by atoms with Crippen LogP contribution in [-0.2, 0) is 24.1 Å². The quantitative estimate of drug-likeness (QED) is 0.853. The number of alkyl carbamates (subject to hydrolysis) is 1. The summed E-state index contributed by atoms with van der Waals surface area (Å²) in [6, 6.07) is 9.12. The standard InChI is InChI=1S/C14H11BrF3NO3/c15-10-3-1-9(2-4-10)8-21-13(20)19-7-11-5-6-12(22-11)14(16,17)18/h1-6H,7-8H2,(H,19,20). The van der Waals surface area contributed by atoms with Crippen molar-refractivity contribution in [2.75, 3.05) is 0 Å². The van der Waals surface area contributed by atoms with Crippen LogP contribution in [0.3, 0.4) is 0 Å². The summed E-state index contributed by atoms with van der Waals surface area (Å²) in [5.74, 6) is -1.11. The van der Waals surface area contributed by atoms with Gasteiger partial charge in [0.2, 0.25) is 5.76 Å². The Bertz CT molecular complexity index is 638. The zero-order valence-corrected chi connectivity index (χ0v) is 12.7. The van der Waals surface area contributed by atoms with E-state index in [4.69, 9.17) is 4.74 Å². The molecule has 2 rings (SSSR count). The zero-order chi connectivity index (χ0) is 16.2. The lowest BCUT2D eigenvalue weighted by Crippen LogP contribution is -2.23. The van der Waals surface area contributed by atoms with Crippen molar-refractivity contribution in [1.29, 1.82) is 0 Å². The minimum absolute atomic E-state index is 0.00656. The molecule has 1 heterocycles. The van der Waals surface area contributed by atoms with Crippen LogP contribution in [0.2, 0.25) is 0 Å². The van der Waals surface area contributed by atoms with Crippen molar-refractivity contribution in [2.24, 2.45) is 0 Å². The van der Waals surface area contributed by atoms with Gasteiger partial charge in [-0.05, 0) is 29.8 Å². The van der Waals surface area contributed by atoms with Crippen LogP contribution in [0.4, 0.5) is 18.0 Å². The van der Waals surface area contributed by atoms with Crippen molar-refractivity contribution in [2.45, 2.75) is 19.3 Å². The third-order valence-electron chi connectivity index (χ3n) is 2.63. The molecule has 1 amide bonds. The van der Waals surface area contributed by atoms with E-state index in [1.165, 1.54) is 0 Å². The largest absolute Gasteiger partial charge is 0.455 e. The normalized spacial score (nSPS) is 11.3. The first-order valence-corrected chi connectivity index (χ1v) is 6.95. The lowest BCUT2D eigenvalue weighted by Gasteiger charge is -2.06. The molecule has 0 saturated heterocycles. The molecular weight excluding hydrogens is 367 g/mol. The van der Waals surface area contributed by atoms with Crippen LogP contribution in [0.1, 0.15) is 17.1 Å². The first kappa shape index (κ1) is 16.4. The highest BCUT2D eigenvalue weighted by molar-refractivity contribution is 9.10. The summed E-state index contributed by atoms with van der Waals surface area (Å²) >= 11 is 3.28. The summed E-state index contributed by atoms with van der Waals surface area (Å²) < 4.78 is 47.4. The second kappa shape index (κ2) is 6.87. The molecule has 22 heavy (non-hydrogen) atoms. The number of carbonyl (C=O) groups is 1. The maximum absolute atomic E-state index is 12.3. The van der Waals surface area contributed by atoms with Crippen molar-refractivity contribution in [1.82, 2.24) is 5.32 Å². The highest BCUT2D eigenvalue weighted by atomic mass is 79.9. The van der Waals surface area contributed by atoms with Crippen molar-refractivity contribution in [3.05, 3.63) is 58.0 Å². The van der Waals surface area contributed by atoms with Gasteiger partial charge in [0.25, 0.3) is 0 Å². The van der Waals surface area contributed by atoms with Crippen molar-refractivity contribution < 1.29 is 27.1 Å². The van der Waals surface area contributed by atoms with Gasteiger partial charge in [0, 0.05) is 4.47 Å². The molecule has 8 heteroatoms. The van der Waals surface area contributed by atoms with Gasteiger partial charge in [-0.2, -0.15) is 13.2 Å². The van der Waals surface area contributed by atoms with Gasteiger partial charge in [-0.1, -0.05) is 28.1 Å². The highest BCUT2D eigenvalue weighted by Gasteiger charge is 2.34. The van der Waals surface area contributed by atoms with E-state index in [9.17, 15) is 18.0 Å². The number of carbonyl (C=O) groups excluding carboxylic acids is 1. The molecule has 0 aliphatic rings. The maximum Gasteiger partial charge on any atom is 0.449 e. The second-order valence-electron chi connectivity index (χ2n) is 4.32. The number of halogens is 4. The Morgan fingerprint density at radius 3 is 2.45 bits per heavy atom. The Hall–Kier alpha value is -1.96. The summed E-state index contributed by atoms with van der Waals surface area (Å²) in [5, 5.41) is 2.31. The first-order valence-electron chi connectivity index (χ1n) is 6.15. The lowest BCUT2D eigenvalue weighted by molar-refractivity contribution is -0.153. The molecule has 0 radical (unpaired) electrons. The number of hydrogen-bond donors (Lipinski definition) is 1. The Kier molecular flexibility index (Phi) is 5.12. The predicted molar refractivity (Wildman–Crippen MR) is 74.9 cm³/mol. The Morgan fingerprint density at radius 1 is 1.18 bits per heavy atom. The van der Waals surface area contributed by atoms with Gasteiger partial charge in [-0.3, -0.25) is 0 Å². The molecule has 1 aromatic carbocycles. The summed E-state index contributed by atoms with van der Waals surface area (Å²) in [7, 11) is 0. The van der Waals surface area contributed by atoms with E-state index in [-0.39, 0.29) is 18.9 Å². The third kappa shape index (κ3) is 4.80. The molecule has 0 bridgehead atoms. The van der Waals surface area contributed by atoms with Crippen LogP contribution in [0.25, 0.3) is 0 Å². The van der Waals surface area contributed by atoms with E-state index in [2.05, 4.69) is 25.7 Å². The second-order valence-corrected chi connectivity index (χ2v) is 5.24. The van der Waals surface area contributed by atoms with Crippen LogP contribution in [0, 0.1) is 0 Å². The predicted octanol–water partition coefficient (Wildman–Crippen LogP) is 4.49. The number of nitrogens with one attached hydrogen (secondary N) is 1. The van der Waals surface area contributed by atoms with E-state index >= 15 is 0 Å². The minimum Gasteiger partial charge on any atom is -0.455 e. The van der Waals surface area contributed by atoms with E-state index < -0.39 is 18.0 Å². The van der Waals surface area contributed by atoms with Gasteiger partial charge in [0.1, 0.15) is 12.4 Å². The SMILES string of the molecule is O=C(NCc1ccc(C(F)(F)F)o1)OCc1ccc(Br)cc1. The number of rotatable bonds is 4. The molecule has 1 N–H and O–H groups in total. The summed E-state index contributed by atoms with van der Waals surface area (Å²) in [4.78, 5) is 11.5. The molecule has 0 unspecified atom stereocenters. The number of benzene rings is 1. The van der Waals surface area contributed by atoms with Gasteiger partial charge >= 0.3 is 12.3 Å². The van der Waals surface area contributed by atoms with Gasteiger partial charge in [-0.25, -0.2) is 4.79 Å². The Labute approximate surface area is 132 Å². The molecule has 4 nitrogen and oxygen atoms in total. The average Bonchev–Trinajstić information content (AvgIpc) is 2.93. The van der Waals surface area contributed by atoms with Gasteiger partial charge in [0.15, 0.2) is 0 Å². The van der Waals surface area contributed by atoms with E-state index in [0.717, 1.165) is 22.2 Å². The van der Waals surface area contributed by atoms with Gasteiger partial charge in [-0.15, -0.1) is 0 Å². The molecule has 0 spiro atoms. The molecule has 2 aromatic rings. The van der Waals surface area contributed by atoms with E-state index in [1.54, 1.807) is 24.3 Å². The van der Waals surface area contributed by atoms with Crippen molar-refractivity contribution in [3.63, 3.8) is 0 Å². The number of amides is 1. The number of ether oxygens (including phenoxy) is 1. The number of alkyl halides is 3. The van der Waals surface area contributed by atoms with Gasteiger partial charge in [0.05, 0.1) is 6.54 Å². The summed E-state index contributed by atoms with van der Waals surface area (Å²) in [6.45, 7) is -0.125. The smallest absolute Gasteiger partial charge is 0.449 e. The van der Waals surface area contributed by atoms with E-state index in [1.807, 2.05) is 0 Å². The van der Waals surface area contributed by atoms with Gasteiger partial charge < -0.3 is 14.5 Å². The average molecular weight is 378 g/mol. The number of hydrogen-bond acceptors (Lipinski definition) is 3. The molecule has 0 atom stereocenters. The fraction of sp³-hybridized carbons (Fsp3) is 0.214. The lowest BCUT2D eigenvalue weighted by atomic mass is 10.2. The molecule has 118 valence electrons. The van der Waals surface area contributed by atoms with E-state index in [0.29, 0.717) is 0 Å². The summed E-state index contributed by atoms with van der Waals surface area (Å²) in [5.41, 5.74) is 0.788. The Balaban J connectivity index is 1.78. The topological polar surface area (TPSA) is 51.5 Å². The third-order valence-corrected chi connectivity index (χ3v) is 3.16. The number of furan rings is 1. The van der Waals surface area contributed by atoms with Crippen LogP contribution in [0.5, 0.6) is 0 Å². The molecule has 0 aliphatic heterocycles. The first-order chi connectivity index (χ1) is 10.3. The summed E-state index contributed by atoms with van der Waals surface area (Å²) in [6.07, 6.45) is -5.28. The minimum atomic E-state index is -4.54. The fourth-order valence-electron chi connectivity index (χ4n) is 1.57. The van der Waals surface area contributed by atoms with Crippen LogP contribution in [0.15, 0.2) is 45.3 Å². The molecule has 0 saturated carbocycles. The molecule has 0 fully saturated rings. The molecule has 1 aromatic heterocycles. The Morgan fingerprint density at radius 2 is 1.86 bits per heavy atom. The zero-order valence-electron chi connectivity index (χ0n) is 11.1. The fourth-order valence-corrected chi connectivity index (χ4v) is 1.83. The van der Waals surface area contributed by atoms with Crippen molar-refractivity contribution >= 4 is 22.0 Å². The maximum atomic E-state index is 12.3. The van der Waals surface area contributed by atoms with Crippen molar-refractivity contribution in [3.8, 4) is 0 Å². The van der Waals surface area contributed by atoms with Crippen LogP contribution in [-0.4, -0.2) is 6.09 Å². The molecule has 0 aliphatic carbocycles. The van der Waals surface area contributed by atoms with Crippen LogP contribution < -0.4 is 5.32 Å². The van der Waals surface area contributed by atoms with Crippen LogP contribution >= 0.6 is 15.9 Å². The highest BCUT2D eigenvalue weighted by Crippen LogP contribution is 2.30. The molecular formula is C14H11BrF3NO3. The monoisotopic (exact) mass is 377 g/mol.